The summed E-state index contributed by atoms with van der Waals surface area (Å²) in [4.78, 5) is 0. The first kappa shape index (κ1) is 12.0. The lowest BCUT2D eigenvalue weighted by atomic mass is 9.99. The smallest absolute Gasteiger partial charge is 0.123 e. The summed E-state index contributed by atoms with van der Waals surface area (Å²) in [6.07, 6.45) is 0. The van der Waals surface area contributed by atoms with Crippen molar-refractivity contribution in [2.75, 3.05) is 0 Å². The van der Waals surface area contributed by atoms with Gasteiger partial charge in [0, 0.05) is 5.02 Å². The number of hydrazine groups is 1. The highest BCUT2D eigenvalue weighted by Crippen LogP contribution is 2.24. The van der Waals surface area contributed by atoms with Gasteiger partial charge >= 0.3 is 0 Å². The Hall–Kier alpha value is -1.42. The molecule has 2 aromatic rings. The minimum atomic E-state index is -0.287. The first-order chi connectivity index (χ1) is 8.20. The molecule has 0 spiro atoms. The van der Waals surface area contributed by atoms with Crippen LogP contribution in [0.25, 0.3) is 0 Å². The monoisotopic (exact) mass is 250 g/mol. The number of halogens is 2. The molecule has 0 radical (unpaired) electrons. The first-order valence-corrected chi connectivity index (χ1v) is 5.55. The molecule has 2 aromatic carbocycles. The van der Waals surface area contributed by atoms with Crippen LogP contribution >= 0.6 is 11.6 Å². The summed E-state index contributed by atoms with van der Waals surface area (Å²) in [5, 5.41) is 0.624. The van der Waals surface area contributed by atoms with Crippen LogP contribution in [0.1, 0.15) is 17.2 Å². The summed E-state index contributed by atoms with van der Waals surface area (Å²) < 4.78 is 13.2. The van der Waals surface area contributed by atoms with Gasteiger partial charge in [-0.05, 0) is 35.4 Å². The molecule has 0 saturated heterocycles. The fourth-order valence-corrected chi connectivity index (χ4v) is 1.96. The molecule has 17 heavy (non-hydrogen) atoms. The van der Waals surface area contributed by atoms with Crippen LogP contribution in [0.2, 0.25) is 5.02 Å². The molecular weight excluding hydrogens is 239 g/mol. The van der Waals surface area contributed by atoms with Crippen LogP contribution in [-0.2, 0) is 0 Å². The number of rotatable bonds is 3. The van der Waals surface area contributed by atoms with Gasteiger partial charge in [-0.25, -0.2) is 9.82 Å². The molecule has 0 aliphatic carbocycles. The lowest BCUT2D eigenvalue weighted by Gasteiger charge is -2.17. The Morgan fingerprint density at radius 3 is 2.29 bits per heavy atom. The van der Waals surface area contributed by atoms with Gasteiger partial charge in [-0.1, -0.05) is 35.9 Å². The summed E-state index contributed by atoms with van der Waals surface area (Å²) in [6.45, 7) is 0. The van der Waals surface area contributed by atoms with E-state index in [1.165, 1.54) is 12.1 Å². The highest BCUT2D eigenvalue weighted by molar-refractivity contribution is 6.30. The maximum absolute atomic E-state index is 13.2. The Bertz CT molecular complexity index is 471. The average Bonchev–Trinajstić information content (AvgIpc) is 2.30. The third-order valence-corrected chi connectivity index (χ3v) is 2.77. The third kappa shape index (κ3) is 2.82. The molecular formula is C13H12ClFN2. The van der Waals surface area contributed by atoms with E-state index in [0.717, 1.165) is 11.1 Å². The van der Waals surface area contributed by atoms with Crippen LogP contribution in [0.5, 0.6) is 0 Å². The molecule has 1 unspecified atom stereocenters. The predicted molar refractivity (Wildman–Crippen MR) is 67.0 cm³/mol. The van der Waals surface area contributed by atoms with Crippen molar-refractivity contribution >= 4 is 11.6 Å². The Morgan fingerprint density at radius 1 is 1.06 bits per heavy atom. The van der Waals surface area contributed by atoms with Gasteiger partial charge in [0.15, 0.2) is 0 Å². The van der Waals surface area contributed by atoms with Crippen molar-refractivity contribution < 1.29 is 4.39 Å². The van der Waals surface area contributed by atoms with E-state index in [1.807, 2.05) is 18.2 Å². The normalized spacial score (nSPS) is 12.4. The van der Waals surface area contributed by atoms with Crippen molar-refractivity contribution in [3.63, 3.8) is 0 Å². The Kier molecular flexibility index (Phi) is 3.74. The molecule has 0 fully saturated rings. The van der Waals surface area contributed by atoms with Gasteiger partial charge in [0.1, 0.15) is 5.82 Å². The van der Waals surface area contributed by atoms with Gasteiger partial charge in [0.05, 0.1) is 6.04 Å². The maximum Gasteiger partial charge on any atom is 0.123 e. The minimum Gasteiger partial charge on any atom is -0.271 e. The molecule has 0 amide bonds. The van der Waals surface area contributed by atoms with Crippen LogP contribution in [0.15, 0.2) is 48.5 Å². The van der Waals surface area contributed by atoms with Gasteiger partial charge in [-0.3, -0.25) is 5.84 Å². The second kappa shape index (κ2) is 5.27. The summed E-state index contributed by atoms with van der Waals surface area (Å²) in [6, 6.07) is 13.3. The van der Waals surface area contributed by atoms with Crippen molar-refractivity contribution in [2.45, 2.75) is 6.04 Å². The van der Waals surface area contributed by atoms with Crippen molar-refractivity contribution in [1.82, 2.24) is 5.43 Å². The van der Waals surface area contributed by atoms with E-state index in [9.17, 15) is 4.39 Å². The second-order valence-corrected chi connectivity index (χ2v) is 4.15. The lowest BCUT2D eigenvalue weighted by Crippen LogP contribution is -2.28. The van der Waals surface area contributed by atoms with E-state index in [-0.39, 0.29) is 11.9 Å². The summed E-state index contributed by atoms with van der Waals surface area (Å²) in [7, 11) is 0. The Balaban J connectivity index is 2.40. The number of benzene rings is 2. The van der Waals surface area contributed by atoms with Gasteiger partial charge in [-0.2, -0.15) is 0 Å². The van der Waals surface area contributed by atoms with Crippen molar-refractivity contribution in [2.24, 2.45) is 5.84 Å². The highest BCUT2D eigenvalue weighted by Gasteiger charge is 2.12. The van der Waals surface area contributed by atoms with E-state index in [1.54, 1.807) is 18.2 Å². The number of hydrogen-bond donors (Lipinski definition) is 2. The molecule has 0 aromatic heterocycles. The molecule has 2 rings (SSSR count). The molecule has 2 nitrogen and oxygen atoms in total. The summed E-state index contributed by atoms with van der Waals surface area (Å²) >= 11 is 5.92. The second-order valence-electron chi connectivity index (χ2n) is 3.71. The molecule has 0 aliphatic heterocycles. The average molecular weight is 251 g/mol. The van der Waals surface area contributed by atoms with E-state index in [2.05, 4.69) is 5.43 Å². The number of nitrogens with one attached hydrogen (secondary N) is 1. The van der Waals surface area contributed by atoms with Gasteiger partial charge in [-0.15, -0.1) is 0 Å². The molecule has 0 bridgehead atoms. The Morgan fingerprint density at radius 2 is 1.71 bits per heavy atom. The fourth-order valence-electron chi connectivity index (χ4n) is 1.76. The van der Waals surface area contributed by atoms with Crippen LogP contribution in [0, 0.1) is 5.82 Å². The van der Waals surface area contributed by atoms with Gasteiger partial charge in [0.2, 0.25) is 0 Å². The van der Waals surface area contributed by atoms with Gasteiger partial charge in [0.25, 0.3) is 0 Å². The van der Waals surface area contributed by atoms with Crippen LogP contribution in [0.3, 0.4) is 0 Å². The Labute approximate surface area is 104 Å². The summed E-state index contributed by atoms with van der Waals surface area (Å²) in [5.74, 6) is 5.23. The highest BCUT2D eigenvalue weighted by atomic mass is 35.5. The quantitative estimate of drug-likeness (QED) is 0.649. The van der Waals surface area contributed by atoms with Crippen LogP contribution < -0.4 is 11.3 Å². The van der Waals surface area contributed by atoms with E-state index < -0.39 is 0 Å². The van der Waals surface area contributed by atoms with Crippen molar-refractivity contribution in [1.29, 1.82) is 0 Å². The third-order valence-electron chi connectivity index (χ3n) is 2.53. The molecule has 3 N–H and O–H groups in total. The number of nitrogens with two attached hydrogens (primary N) is 1. The van der Waals surface area contributed by atoms with Crippen molar-refractivity contribution in [3.8, 4) is 0 Å². The topological polar surface area (TPSA) is 38.0 Å². The zero-order chi connectivity index (χ0) is 12.3. The number of hydrogen-bond acceptors (Lipinski definition) is 2. The maximum atomic E-state index is 13.2. The standard InChI is InChI=1S/C13H12ClFN2/c14-11-5-1-3-9(7-11)13(17-16)10-4-2-6-12(15)8-10/h1-8,13,17H,16H2. The van der Waals surface area contributed by atoms with Crippen molar-refractivity contribution in [3.05, 3.63) is 70.5 Å². The van der Waals surface area contributed by atoms with Crippen LogP contribution in [0.4, 0.5) is 4.39 Å². The minimum absolute atomic E-state index is 0.274. The zero-order valence-corrected chi connectivity index (χ0v) is 9.79. The lowest BCUT2D eigenvalue weighted by molar-refractivity contribution is 0.605. The zero-order valence-electron chi connectivity index (χ0n) is 9.03. The predicted octanol–water partition coefficient (Wildman–Crippen LogP) is 3.03. The molecule has 88 valence electrons. The fraction of sp³-hybridized carbons (Fsp3) is 0.0769. The van der Waals surface area contributed by atoms with E-state index in [0.29, 0.717) is 5.02 Å². The first-order valence-electron chi connectivity index (χ1n) is 5.18. The summed E-state index contributed by atoms with van der Waals surface area (Å²) in [5.41, 5.74) is 4.32. The molecule has 0 aliphatic rings. The van der Waals surface area contributed by atoms with E-state index >= 15 is 0 Å². The van der Waals surface area contributed by atoms with E-state index in [4.69, 9.17) is 17.4 Å². The molecule has 0 heterocycles. The molecule has 1 atom stereocenters. The SMILES string of the molecule is NNC(c1cccc(F)c1)c1cccc(Cl)c1. The largest absolute Gasteiger partial charge is 0.271 e. The molecule has 4 heteroatoms. The molecule has 0 saturated carbocycles. The van der Waals surface area contributed by atoms with Crippen LogP contribution in [-0.4, -0.2) is 0 Å². The van der Waals surface area contributed by atoms with Gasteiger partial charge < -0.3 is 0 Å².